The van der Waals surface area contributed by atoms with Crippen molar-refractivity contribution < 1.29 is 19.1 Å². The number of nitrogens with one attached hydrogen (secondary N) is 2. The van der Waals surface area contributed by atoms with E-state index in [4.69, 9.17) is 4.74 Å². The zero-order valence-corrected chi connectivity index (χ0v) is 17.2. The lowest BCUT2D eigenvalue weighted by atomic mass is 10.0. The zero-order chi connectivity index (χ0) is 22.1. The molecule has 3 aromatic rings. The Morgan fingerprint density at radius 1 is 0.806 bits per heavy atom. The summed E-state index contributed by atoms with van der Waals surface area (Å²) in [5, 5.41) is 5.26. The van der Waals surface area contributed by atoms with Crippen LogP contribution in [0.1, 0.15) is 28.9 Å². The molecule has 0 aliphatic carbocycles. The predicted octanol–water partition coefficient (Wildman–Crippen LogP) is 3.50. The number of esters is 1. The molecule has 0 unspecified atom stereocenters. The first-order valence-electron chi connectivity index (χ1n) is 9.96. The Balaban J connectivity index is 1.41. The summed E-state index contributed by atoms with van der Waals surface area (Å²) >= 11 is 0. The van der Waals surface area contributed by atoms with E-state index in [0.29, 0.717) is 5.56 Å². The molecule has 31 heavy (non-hydrogen) atoms. The average Bonchev–Trinajstić information content (AvgIpc) is 2.82. The molecule has 2 amide bonds. The molecule has 0 bridgehead atoms. The molecule has 0 fully saturated rings. The minimum absolute atomic E-state index is 0.203. The molecule has 0 aliphatic heterocycles. The van der Waals surface area contributed by atoms with Crippen molar-refractivity contribution in [3.8, 4) is 11.1 Å². The van der Waals surface area contributed by atoms with Crippen molar-refractivity contribution in [2.24, 2.45) is 0 Å². The highest BCUT2D eigenvalue weighted by atomic mass is 16.5. The molecular weight excluding hydrogens is 392 g/mol. The Morgan fingerprint density at radius 3 is 2.03 bits per heavy atom. The lowest BCUT2D eigenvalue weighted by molar-refractivity contribution is -0.147. The number of amides is 2. The van der Waals surface area contributed by atoms with Crippen molar-refractivity contribution in [2.75, 3.05) is 13.2 Å². The second kappa shape index (κ2) is 10.7. The van der Waals surface area contributed by atoms with Crippen LogP contribution in [0.4, 0.5) is 0 Å². The van der Waals surface area contributed by atoms with Crippen LogP contribution in [-0.4, -0.2) is 30.9 Å². The van der Waals surface area contributed by atoms with E-state index < -0.39 is 24.4 Å². The molecule has 6 heteroatoms. The Labute approximate surface area is 181 Å². The van der Waals surface area contributed by atoms with Crippen molar-refractivity contribution in [2.45, 2.75) is 13.0 Å². The number of carbonyl (C=O) groups excluding carboxylic acids is 3. The second-order valence-electron chi connectivity index (χ2n) is 6.99. The minimum atomic E-state index is -0.684. The van der Waals surface area contributed by atoms with Crippen molar-refractivity contribution in [3.05, 3.63) is 96.1 Å². The van der Waals surface area contributed by atoms with Crippen molar-refractivity contribution in [3.63, 3.8) is 0 Å². The van der Waals surface area contributed by atoms with E-state index in [1.165, 1.54) is 0 Å². The molecule has 0 radical (unpaired) electrons. The third-order valence-corrected chi connectivity index (χ3v) is 4.69. The molecule has 3 rings (SSSR count). The summed E-state index contributed by atoms with van der Waals surface area (Å²) in [6.07, 6.45) is 0. The van der Waals surface area contributed by atoms with Crippen LogP contribution in [0.25, 0.3) is 11.1 Å². The Morgan fingerprint density at radius 2 is 1.39 bits per heavy atom. The van der Waals surface area contributed by atoms with E-state index in [1.807, 2.05) is 79.7 Å². The SMILES string of the molecule is C[C@@H](NC(=O)COC(=O)CNC(=O)c1ccc(-c2ccccc2)cc1)c1ccccc1. The summed E-state index contributed by atoms with van der Waals surface area (Å²) in [5.41, 5.74) is 3.43. The highest BCUT2D eigenvalue weighted by Crippen LogP contribution is 2.19. The molecule has 158 valence electrons. The monoisotopic (exact) mass is 416 g/mol. The summed E-state index contributed by atoms with van der Waals surface area (Å²) < 4.78 is 4.94. The zero-order valence-electron chi connectivity index (χ0n) is 17.2. The van der Waals surface area contributed by atoms with E-state index in [1.54, 1.807) is 12.1 Å². The lowest BCUT2D eigenvalue weighted by Crippen LogP contribution is -2.34. The van der Waals surface area contributed by atoms with Crippen LogP contribution in [0.2, 0.25) is 0 Å². The first-order chi connectivity index (χ1) is 15.0. The normalized spacial score (nSPS) is 11.3. The fraction of sp³-hybridized carbons (Fsp3) is 0.160. The number of hydrogen-bond donors (Lipinski definition) is 2. The van der Waals surface area contributed by atoms with Crippen LogP contribution >= 0.6 is 0 Å². The van der Waals surface area contributed by atoms with Crippen molar-refractivity contribution in [1.82, 2.24) is 10.6 Å². The third kappa shape index (κ3) is 6.54. The largest absolute Gasteiger partial charge is 0.454 e. The third-order valence-electron chi connectivity index (χ3n) is 4.69. The van der Waals surface area contributed by atoms with Crippen LogP contribution in [-0.2, 0) is 14.3 Å². The van der Waals surface area contributed by atoms with Crippen LogP contribution in [0.5, 0.6) is 0 Å². The first-order valence-corrected chi connectivity index (χ1v) is 9.96. The molecule has 6 nitrogen and oxygen atoms in total. The molecule has 0 saturated heterocycles. The summed E-state index contributed by atoms with van der Waals surface area (Å²) in [6.45, 7) is 1.12. The van der Waals surface area contributed by atoms with Crippen molar-refractivity contribution in [1.29, 1.82) is 0 Å². The highest BCUT2D eigenvalue weighted by molar-refractivity contribution is 5.96. The maximum absolute atomic E-state index is 12.2. The topological polar surface area (TPSA) is 84.5 Å². The van der Waals surface area contributed by atoms with Gasteiger partial charge >= 0.3 is 5.97 Å². The van der Waals surface area contributed by atoms with E-state index in [9.17, 15) is 14.4 Å². The standard InChI is InChI=1S/C25H24N2O4/c1-18(19-8-4-2-5-9-19)27-23(28)17-31-24(29)16-26-25(30)22-14-12-21(13-15-22)20-10-6-3-7-11-20/h2-15,18H,16-17H2,1H3,(H,26,30)(H,27,28)/t18-/m1/s1. The van der Waals surface area contributed by atoms with Gasteiger partial charge in [0.25, 0.3) is 11.8 Å². The Hall–Kier alpha value is -3.93. The van der Waals surface area contributed by atoms with Crippen molar-refractivity contribution >= 4 is 17.8 Å². The van der Waals surface area contributed by atoms with Crippen LogP contribution in [0, 0.1) is 0 Å². The van der Waals surface area contributed by atoms with Gasteiger partial charge in [-0.1, -0.05) is 72.8 Å². The van der Waals surface area contributed by atoms with Gasteiger partial charge in [-0.25, -0.2) is 0 Å². The van der Waals surface area contributed by atoms with Gasteiger partial charge in [-0.3, -0.25) is 14.4 Å². The minimum Gasteiger partial charge on any atom is -0.454 e. The van der Waals surface area contributed by atoms with E-state index in [2.05, 4.69) is 10.6 Å². The van der Waals surface area contributed by atoms with Gasteiger partial charge < -0.3 is 15.4 Å². The predicted molar refractivity (Wildman–Crippen MR) is 118 cm³/mol. The van der Waals surface area contributed by atoms with Crippen LogP contribution < -0.4 is 10.6 Å². The second-order valence-corrected chi connectivity index (χ2v) is 6.99. The molecule has 0 aromatic heterocycles. The fourth-order valence-corrected chi connectivity index (χ4v) is 3.00. The van der Waals surface area contributed by atoms with E-state index in [0.717, 1.165) is 16.7 Å². The van der Waals surface area contributed by atoms with E-state index >= 15 is 0 Å². The quantitative estimate of drug-likeness (QED) is 0.551. The Kier molecular flexibility index (Phi) is 7.54. The summed E-state index contributed by atoms with van der Waals surface area (Å²) in [4.78, 5) is 36.1. The maximum atomic E-state index is 12.2. The molecular formula is C25H24N2O4. The average molecular weight is 416 g/mol. The molecule has 0 spiro atoms. The van der Waals surface area contributed by atoms with Gasteiger partial charge in [-0.15, -0.1) is 0 Å². The maximum Gasteiger partial charge on any atom is 0.325 e. The van der Waals surface area contributed by atoms with Gasteiger partial charge in [0.2, 0.25) is 0 Å². The van der Waals surface area contributed by atoms with Gasteiger partial charge in [0.15, 0.2) is 6.61 Å². The van der Waals surface area contributed by atoms with Crippen LogP contribution in [0.15, 0.2) is 84.9 Å². The molecule has 1 atom stereocenters. The van der Waals surface area contributed by atoms with Gasteiger partial charge in [-0.2, -0.15) is 0 Å². The number of benzene rings is 3. The van der Waals surface area contributed by atoms with Crippen LogP contribution in [0.3, 0.4) is 0 Å². The molecule has 2 N–H and O–H groups in total. The van der Waals surface area contributed by atoms with Gasteiger partial charge in [0, 0.05) is 5.56 Å². The number of rotatable bonds is 8. The number of hydrogen-bond acceptors (Lipinski definition) is 4. The lowest BCUT2D eigenvalue weighted by Gasteiger charge is -2.14. The number of ether oxygens (including phenoxy) is 1. The molecule has 0 aliphatic rings. The van der Waals surface area contributed by atoms with Gasteiger partial charge in [-0.05, 0) is 35.7 Å². The highest BCUT2D eigenvalue weighted by Gasteiger charge is 2.13. The summed E-state index contributed by atoms with van der Waals surface area (Å²) in [5.74, 6) is -1.48. The summed E-state index contributed by atoms with van der Waals surface area (Å²) in [7, 11) is 0. The smallest absolute Gasteiger partial charge is 0.325 e. The van der Waals surface area contributed by atoms with Gasteiger partial charge in [0.1, 0.15) is 6.54 Å². The summed E-state index contributed by atoms with van der Waals surface area (Å²) in [6, 6.07) is 26.2. The molecule has 0 saturated carbocycles. The fourth-order valence-electron chi connectivity index (χ4n) is 3.00. The first kappa shape index (κ1) is 21.8. The van der Waals surface area contributed by atoms with Gasteiger partial charge in [0.05, 0.1) is 6.04 Å². The molecule has 0 heterocycles. The van der Waals surface area contributed by atoms with E-state index in [-0.39, 0.29) is 12.6 Å². The Bertz CT molecular complexity index is 1020. The molecule has 3 aromatic carbocycles. The number of carbonyl (C=O) groups is 3.